The number of ether oxygens (including phenoxy) is 2. The highest BCUT2D eigenvalue weighted by Crippen LogP contribution is 2.25. The Morgan fingerprint density at radius 3 is 2.43 bits per heavy atom. The first-order valence-electron chi connectivity index (χ1n) is 9.00. The molecule has 0 spiro atoms. The maximum Gasteiger partial charge on any atom is 0.268 e. The van der Waals surface area contributed by atoms with Crippen molar-refractivity contribution >= 4 is 17.9 Å². The molecule has 2 amide bonds. The summed E-state index contributed by atoms with van der Waals surface area (Å²) in [5.41, 5.74) is 2.69. The number of carbonyl (C=O) groups is 2. The zero-order valence-electron chi connectivity index (χ0n) is 16.4. The molecule has 0 saturated carbocycles. The number of nitrogens with zero attached hydrogens (tertiary/aromatic N) is 1. The van der Waals surface area contributed by atoms with E-state index < -0.39 is 0 Å². The van der Waals surface area contributed by atoms with Crippen molar-refractivity contribution in [2.45, 2.75) is 26.2 Å². The fourth-order valence-corrected chi connectivity index (χ4v) is 2.99. The topological polar surface area (TPSA) is 105 Å². The van der Waals surface area contributed by atoms with Crippen molar-refractivity contribution in [1.82, 2.24) is 20.6 Å². The lowest BCUT2D eigenvalue weighted by atomic mass is 10.1. The molecular weight excluding hydrogens is 360 g/mol. The van der Waals surface area contributed by atoms with Gasteiger partial charge in [-0.05, 0) is 29.7 Å². The maximum atomic E-state index is 12.0. The van der Waals surface area contributed by atoms with Crippen molar-refractivity contribution in [2.75, 3.05) is 20.8 Å². The Bertz CT molecular complexity index is 908. The van der Waals surface area contributed by atoms with Gasteiger partial charge in [-0.2, -0.15) is 0 Å². The van der Waals surface area contributed by atoms with E-state index in [0.29, 0.717) is 23.6 Å². The van der Waals surface area contributed by atoms with E-state index in [1.54, 1.807) is 20.3 Å². The monoisotopic (exact) mass is 384 g/mol. The Balaban J connectivity index is 1.93. The molecule has 1 aromatic carbocycles. The fourth-order valence-electron chi connectivity index (χ4n) is 2.99. The molecule has 0 aliphatic carbocycles. The Kier molecular flexibility index (Phi) is 5.67. The van der Waals surface area contributed by atoms with Crippen LogP contribution >= 0.6 is 0 Å². The van der Waals surface area contributed by atoms with Crippen molar-refractivity contribution < 1.29 is 19.1 Å². The molecule has 3 N–H and O–H groups in total. The van der Waals surface area contributed by atoms with E-state index >= 15 is 0 Å². The van der Waals surface area contributed by atoms with E-state index in [0.717, 1.165) is 17.1 Å². The van der Waals surface area contributed by atoms with Gasteiger partial charge in [0.15, 0.2) is 0 Å². The molecule has 148 valence electrons. The third-order valence-electron chi connectivity index (χ3n) is 4.38. The normalized spacial score (nSPS) is 15.5. The van der Waals surface area contributed by atoms with E-state index in [-0.39, 0.29) is 30.0 Å². The lowest BCUT2D eigenvalue weighted by Crippen LogP contribution is -2.46. The lowest BCUT2D eigenvalue weighted by Gasteiger charge is -2.15. The fraction of sp³-hybridized carbons (Fsp3) is 0.350. The van der Waals surface area contributed by atoms with Crippen molar-refractivity contribution in [1.29, 1.82) is 0 Å². The third kappa shape index (κ3) is 4.33. The second kappa shape index (κ2) is 8.16. The third-order valence-corrected chi connectivity index (χ3v) is 4.38. The first-order valence-corrected chi connectivity index (χ1v) is 9.00. The van der Waals surface area contributed by atoms with Crippen LogP contribution in [0.3, 0.4) is 0 Å². The van der Waals surface area contributed by atoms with E-state index in [2.05, 4.69) is 20.6 Å². The molecule has 1 aliphatic rings. The van der Waals surface area contributed by atoms with Gasteiger partial charge in [0.05, 0.1) is 26.5 Å². The quantitative estimate of drug-likeness (QED) is 0.658. The van der Waals surface area contributed by atoms with E-state index in [4.69, 9.17) is 9.47 Å². The number of hydrogen-bond acceptors (Lipinski definition) is 5. The number of carbonyl (C=O) groups excluding carboxylic acids is 2. The minimum Gasteiger partial charge on any atom is -0.497 e. The Morgan fingerprint density at radius 2 is 1.82 bits per heavy atom. The number of benzene rings is 1. The summed E-state index contributed by atoms with van der Waals surface area (Å²) in [5.74, 6) is 1.74. The molecule has 0 unspecified atom stereocenters. The zero-order chi connectivity index (χ0) is 20.3. The Labute approximate surface area is 163 Å². The van der Waals surface area contributed by atoms with Crippen molar-refractivity contribution in [3.8, 4) is 11.5 Å². The zero-order valence-corrected chi connectivity index (χ0v) is 16.4. The molecule has 1 aromatic heterocycles. The number of amides is 2. The molecule has 2 heterocycles. The maximum absolute atomic E-state index is 12.0. The van der Waals surface area contributed by atoms with Gasteiger partial charge in [-0.3, -0.25) is 9.59 Å². The number of imidazole rings is 1. The van der Waals surface area contributed by atoms with E-state index in [1.807, 2.05) is 32.0 Å². The van der Waals surface area contributed by atoms with Crippen LogP contribution in [0.15, 0.2) is 23.9 Å². The average molecular weight is 384 g/mol. The van der Waals surface area contributed by atoms with Crippen molar-refractivity contribution in [3.63, 3.8) is 0 Å². The van der Waals surface area contributed by atoms with Gasteiger partial charge in [0, 0.05) is 18.2 Å². The van der Waals surface area contributed by atoms with Crippen LogP contribution in [0.1, 0.15) is 42.5 Å². The first kappa shape index (κ1) is 19.5. The summed E-state index contributed by atoms with van der Waals surface area (Å²) in [6, 6.07) is 5.66. The number of nitrogens with one attached hydrogen (secondary N) is 3. The second-order valence-electron chi connectivity index (χ2n) is 6.82. The van der Waals surface area contributed by atoms with Crippen LogP contribution in [0.5, 0.6) is 11.5 Å². The highest BCUT2D eigenvalue weighted by atomic mass is 16.5. The van der Waals surface area contributed by atoms with Crippen molar-refractivity contribution in [2.24, 2.45) is 0 Å². The number of piperazine rings is 1. The summed E-state index contributed by atoms with van der Waals surface area (Å²) in [7, 11) is 3.21. The molecular formula is C20H24N4O4. The molecule has 3 rings (SSSR count). The number of rotatable bonds is 6. The number of aromatic nitrogens is 2. The molecule has 1 fully saturated rings. The average Bonchev–Trinajstić information content (AvgIpc) is 3.06. The number of hydrogen-bond donors (Lipinski definition) is 3. The van der Waals surface area contributed by atoms with Gasteiger partial charge in [0.25, 0.3) is 5.91 Å². The summed E-state index contributed by atoms with van der Waals surface area (Å²) in [6.07, 6.45) is 2.14. The molecule has 28 heavy (non-hydrogen) atoms. The molecule has 8 nitrogen and oxygen atoms in total. The van der Waals surface area contributed by atoms with Crippen LogP contribution in [0.2, 0.25) is 0 Å². The first-order chi connectivity index (χ1) is 13.4. The SMILES string of the molecule is COc1cc(Cc2nc(C=C3NC(=O)CNC3=O)c(C(C)C)[nH]2)cc(OC)c1. The number of H-pyrrole nitrogens is 1. The van der Waals surface area contributed by atoms with Crippen molar-refractivity contribution in [3.05, 3.63) is 46.7 Å². The van der Waals surface area contributed by atoms with Crippen LogP contribution in [0.25, 0.3) is 6.08 Å². The molecule has 0 atom stereocenters. The largest absolute Gasteiger partial charge is 0.497 e. The summed E-state index contributed by atoms with van der Waals surface area (Å²) < 4.78 is 10.6. The lowest BCUT2D eigenvalue weighted by molar-refractivity contribution is -0.127. The molecule has 0 bridgehead atoms. The second-order valence-corrected chi connectivity index (χ2v) is 6.82. The van der Waals surface area contributed by atoms with E-state index in [1.165, 1.54) is 0 Å². The Hall–Kier alpha value is -3.29. The highest BCUT2D eigenvalue weighted by molar-refractivity contribution is 6.05. The minimum absolute atomic E-state index is 0.0172. The van der Waals surface area contributed by atoms with Crippen LogP contribution in [-0.4, -0.2) is 42.5 Å². The molecule has 8 heteroatoms. The molecule has 2 aromatic rings. The summed E-state index contributed by atoms with van der Waals surface area (Å²) in [6.45, 7) is 4.05. The standard InChI is InChI=1S/C20H24N4O4/c1-11(2)19-15(9-16-20(26)21-10-18(25)23-16)22-17(24-19)7-12-5-13(27-3)8-14(6-12)28-4/h5-6,8-9,11H,7,10H2,1-4H3,(H,21,26)(H,22,24)(H,23,25). The molecule has 1 aliphatic heterocycles. The Morgan fingerprint density at radius 1 is 1.14 bits per heavy atom. The predicted octanol–water partition coefficient (Wildman–Crippen LogP) is 1.73. The number of methoxy groups -OCH3 is 2. The summed E-state index contributed by atoms with van der Waals surface area (Å²) in [4.78, 5) is 31.6. The van der Waals surface area contributed by atoms with Gasteiger partial charge in [0.2, 0.25) is 5.91 Å². The van der Waals surface area contributed by atoms with Gasteiger partial charge in [0.1, 0.15) is 23.0 Å². The van der Waals surface area contributed by atoms with Crippen LogP contribution in [0.4, 0.5) is 0 Å². The minimum atomic E-state index is -0.323. The predicted molar refractivity (Wildman–Crippen MR) is 104 cm³/mol. The summed E-state index contributed by atoms with van der Waals surface area (Å²) >= 11 is 0. The van der Waals surface area contributed by atoms with Crippen LogP contribution in [-0.2, 0) is 16.0 Å². The van der Waals surface area contributed by atoms with Crippen LogP contribution in [0, 0.1) is 0 Å². The van der Waals surface area contributed by atoms with E-state index in [9.17, 15) is 9.59 Å². The van der Waals surface area contributed by atoms with Gasteiger partial charge in [-0.1, -0.05) is 13.8 Å². The molecule has 1 saturated heterocycles. The summed E-state index contributed by atoms with van der Waals surface area (Å²) in [5, 5.41) is 5.13. The van der Waals surface area contributed by atoms with Gasteiger partial charge in [-0.15, -0.1) is 0 Å². The molecule has 0 radical (unpaired) electrons. The van der Waals surface area contributed by atoms with Gasteiger partial charge in [-0.25, -0.2) is 4.98 Å². The van der Waals surface area contributed by atoms with Gasteiger partial charge >= 0.3 is 0 Å². The number of aromatic amines is 1. The van der Waals surface area contributed by atoms with Gasteiger partial charge < -0.3 is 25.1 Å². The highest BCUT2D eigenvalue weighted by Gasteiger charge is 2.21. The smallest absolute Gasteiger partial charge is 0.268 e. The van der Waals surface area contributed by atoms with Crippen LogP contribution < -0.4 is 20.1 Å².